The van der Waals surface area contributed by atoms with Gasteiger partial charge < -0.3 is 14.0 Å². The van der Waals surface area contributed by atoms with Crippen LogP contribution in [0.4, 0.5) is 4.79 Å². The number of fused-ring (bicyclic) bond motifs is 1. The second kappa shape index (κ2) is 8.48. The standard InChI is InChI=1S/C24H18Cl2N2O4S/c1-13-7-15(14(2)28(13)19-6-4-3-5-17(19)25)9-22-23(29)27(24(30)33-22)11-16-8-20-21(10-18(16)26)32-12-31-20/h3-10H,11-12H2,1-2H3/b22-9-. The van der Waals surface area contributed by atoms with Gasteiger partial charge in [-0.2, -0.15) is 0 Å². The Morgan fingerprint density at radius 3 is 2.52 bits per heavy atom. The van der Waals surface area contributed by atoms with Gasteiger partial charge in [0, 0.05) is 22.5 Å². The summed E-state index contributed by atoms with van der Waals surface area (Å²) < 4.78 is 12.7. The van der Waals surface area contributed by atoms with E-state index in [9.17, 15) is 9.59 Å². The number of hydrogen-bond donors (Lipinski definition) is 0. The number of amides is 2. The van der Waals surface area contributed by atoms with Crippen LogP contribution in [0.15, 0.2) is 47.4 Å². The van der Waals surface area contributed by atoms with Gasteiger partial charge in [-0.25, -0.2) is 0 Å². The molecular weight excluding hydrogens is 483 g/mol. The number of ether oxygens (including phenoxy) is 2. The van der Waals surface area contributed by atoms with E-state index in [1.807, 2.05) is 48.7 Å². The summed E-state index contributed by atoms with van der Waals surface area (Å²) >= 11 is 13.6. The minimum Gasteiger partial charge on any atom is -0.454 e. The Morgan fingerprint density at radius 1 is 1.03 bits per heavy atom. The summed E-state index contributed by atoms with van der Waals surface area (Å²) in [7, 11) is 0. The molecule has 0 aliphatic carbocycles. The first kappa shape index (κ1) is 21.9. The van der Waals surface area contributed by atoms with Crippen LogP contribution in [0.1, 0.15) is 22.5 Å². The summed E-state index contributed by atoms with van der Waals surface area (Å²) in [6, 6.07) is 12.9. The van der Waals surface area contributed by atoms with Crippen molar-refractivity contribution in [3.63, 3.8) is 0 Å². The number of rotatable bonds is 4. The number of carbonyl (C=O) groups excluding carboxylic acids is 2. The van der Waals surface area contributed by atoms with Gasteiger partial charge in [0.2, 0.25) is 6.79 Å². The third-order valence-electron chi connectivity index (χ3n) is 5.59. The maximum atomic E-state index is 13.1. The average molecular weight is 501 g/mol. The van der Waals surface area contributed by atoms with Crippen LogP contribution in [0.3, 0.4) is 0 Å². The lowest BCUT2D eigenvalue weighted by Gasteiger charge is -2.14. The Hall–Kier alpha value is -2.87. The molecule has 3 aromatic rings. The molecule has 0 spiro atoms. The number of thioether (sulfide) groups is 1. The molecule has 33 heavy (non-hydrogen) atoms. The van der Waals surface area contributed by atoms with E-state index in [0.29, 0.717) is 32.0 Å². The number of para-hydroxylation sites is 1. The lowest BCUT2D eigenvalue weighted by atomic mass is 10.2. The van der Waals surface area contributed by atoms with Crippen molar-refractivity contribution in [2.75, 3.05) is 6.79 Å². The van der Waals surface area contributed by atoms with Gasteiger partial charge in [-0.3, -0.25) is 14.5 Å². The van der Waals surface area contributed by atoms with Gasteiger partial charge in [0.05, 0.1) is 22.2 Å². The molecule has 0 saturated carbocycles. The quantitative estimate of drug-likeness (QED) is 0.389. The molecule has 0 unspecified atom stereocenters. The van der Waals surface area contributed by atoms with Gasteiger partial charge in [-0.05, 0) is 67.1 Å². The normalized spacial score (nSPS) is 16.4. The number of nitrogens with zero attached hydrogens (tertiary/aromatic N) is 2. The number of aromatic nitrogens is 1. The fourth-order valence-corrected chi connectivity index (χ4v) is 5.23. The summed E-state index contributed by atoms with van der Waals surface area (Å²) in [5, 5.41) is 0.692. The number of hydrogen-bond acceptors (Lipinski definition) is 5. The molecule has 168 valence electrons. The van der Waals surface area contributed by atoms with E-state index in [-0.39, 0.29) is 24.5 Å². The Bertz CT molecular complexity index is 1350. The Labute approximate surface area is 204 Å². The second-order valence-electron chi connectivity index (χ2n) is 7.68. The molecule has 9 heteroatoms. The average Bonchev–Trinajstić information content (AvgIpc) is 3.41. The van der Waals surface area contributed by atoms with Crippen LogP contribution in [0.5, 0.6) is 11.5 Å². The zero-order chi connectivity index (χ0) is 23.3. The fraction of sp³-hybridized carbons (Fsp3) is 0.167. The summed E-state index contributed by atoms with van der Waals surface area (Å²) in [5.41, 5.74) is 4.21. The van der Waals surface area contributed by atoms with Crippen molar-refractivity contribution in [3.05, 3.63) is 79.9 Å². The molecule has 1 saturated heterocycles. The summed E-state index contributed by atoms with van der Waals surface area (Å²) in [4.78, 5) is 27.3. The number of halogens is 2. The van der Waals surface area contributed by atoms with Gasteiger partial charge >= 0.3 is 0 Å². The highest BCUT2D eigenvalue weighted by Crippen LogP contribution is 2.40. The second-order valence-corrected chi connectivity index (χ2v) is 9.49. The third kappa shape index (κ3) is 3.90. The highest BCUT2D eigenvalue weighted by Gasteiger charge is 2.36. The zero-order valence-corrected chi connectivity index (χ0v) is 20.1. The number of benzene rings is 2. The van der Waals surface area contributed by atoms with Crippen LogP contribution in [0.2, 0.25) is 10.0 Å². The fourth-order valence-electron chi connectivity index (χ4n) is 3.97. The van der Waals surface area contributed by atoms with Crippen LogP contribution in [-0.2, 0) is 11.3 Å². The molecule has 2 aromatic carbocycles. The largest absolute Gasteiger partial charge is 0.454 e. The van der Waals surface area contributed by atoms with Crippen LogP contribution in [0, 0.1) is 13.8 Å². The summed E-state index contributed by atoms with van der Waals surface area (Å²) in [6.07, 6.45) is 1.75. The lowest BCUT2D eigenvalue weighted by molar-refractivity contribution is -0.123. The Balaban J connectivity index is 1.44. The van der Waals surface area contributed by atoms with Crippen molar-refractivity contribution in [1.82, 2.24) is 9.47 Å². The Morgan fingerprint density at radius 2 is 1.76 bits per heavy atom. The van der Waals surface area contributed by atoms with Crippen molar-refractivity contribution in [1.29, 1.82) is 0 Å². The van der Waals surface area contributed by atoms with Gasteiger partial charge in [0.25, 0.3) is 11.1 Å². The first-order valence-corrected chi connectivity index (χ1v) is 11.7. The number of aryl methyl sites for hydroxylation is 1. The molecule has 1 fully saturated rings. The molecule has 1 aromatic heterocycles. The molecule has 5 rings (SSSR count). The summed E-state index contributed by atoms with van der Waals surface area (Å²) in [5.74, 6) is 0.733. The molecule has 2 aliphatic heterocycles. The molecule has 0 bridgehead atoms. The third-order valence-corrected chi connectivity index (χ3v) is 7.17. The van der Waals surface area contributed by atoms with E-state index in [0.717, 1.165) is 34.4 Å². The van der Waals surface area contributed by atoms with Gasteiger partial charge in [-0.15, -0.1) is 0 Å². The molecule has 0 radical (unpaired) electrons. The topological polar surface area (TPSA) is 60.8 Å². The van der Waals surface area contributed by atoms with Gasteiger partial charge in [0.15, 0.2) is 11.5 Å². The number of imide groups is 1. The van der Waals surface area contributed by atoms with Crippen LogP contribution in [0.25, 0.3) is 11.8 Å². The van der Waals surface area contributed by atoms with Crippen molar-refractivity contribution >= 4 is 52.2 Å². The van der Waals surface area contributed by atoms with Crippen molar-refractivity contribution in [3.8, 4) is 17.2 Å². The molecule has 3 heterocycles. The molecule has 2 aliphatic rings. The highest BCUT2D eigenvalue weighted by atomic mass is 35.5. The molecule has 0 N–H and O–H groups in total. The molecule has 0 atom stereocenters. The molecular formula is C24H18Cl2N2O4S. The van der Waals surface area contributed by atoms with Crippen LogP contribution < -0.4 is 9.47 Å². The maximum Gasteiger partial charge on any atom is 0.293 e. The van der Waals surface area contributed by atoms with Crippen LogP contribution in [-0.4, -0.2) is 27.4 Å². The predicted molar refractivity (Wildman–Crippen MR) is 129 cm³/mol. The predicted octanol–water partition coefficient (Wildman–Crippen LogP) is 6.37. The zero-order valence-electron chi connectivity index (χ0n) is 17.7. The van der Waals surface area contributed by atoms with Crippen LogP contribution >= 0.6 is 35.0 Å². The van der Waals surface area contributed by atoms with E-state index in [2.05, 4.69) is 0 Å². The SMILES string of the molecule is Cc1cc(/C=C2\SC(=O)N(Cc3cc4c(cc3Cl)OCO4)C2=O)c(C)n1-c1ccccc1Cl. The molecule has 2 amide bonds. The first-order chi connectivity index (χ1) is 15.8. The van der Waals surface area contributed by atoms with E-state index >= 15 is 0 Å². The summed E-state index contributed by atoms with van der Waals surface area (Å²) in [6.45, 7) is 4.10. The smallest absolute Gasteiger partial charge is 0.293 e. The lowest BCUT2D eigenvalue weighted by Crippen LogP contribution is -2.27. The van der Waals surface area contributed by atoms with E-state index in [1.165, 1.54) is 4.90 Å². The van der Waals surface area contributed by atoms with E-state index < -0.39 is 0 Å². The Kier molecular flexibility index (Phi) is 5.64. The number of carbonyl (C=O) groups is 2. The van der Waals surface area contributed by atoms with E-state index in [4.69, 9.17) is 32.7 Å². The van der Waals surface area contributed by atoms with E-state index in [1.54, 1.807) is 18.2 Å². The monoisotopic (exact) mass is 500 g/mol. The van der Waals surface area contributed by atoms with Crippen molar-refractivity contribution in [2.45, 2.75) is 20.4 Å². The minimum atomic E-state index is -0.360. The van der Waals surface area contributed by atoms with Gasteiger partial charge in [-0.1, -0.05) is 35.3 Å². The molecule has 6 nitrogen and oxygen atoms in total. The maximum absolute atomic E-state index is 13.1. The van der Waals surface area contributed by atoms with Gasteiger partial charge in [0.1, 0.15) is 0 Å². The van der Waals surface area contributed by atoms with Crippen molar-refractivity contribution in [2.24, 2.45) is 0 Å². The minimum absolute atomic E-state index is 0.0517. The first-order valence-electron chi connectivity index (χ1n) is 10.1. The highest BCUT2D eigenvalue weighted by molar-refractivity contribution is 8.18. The van der Waals surface area contributed by atoms with Crippen molar-refractivity contribution < 1.29 is 19.1 Å².